The van der Waals surface area contributed by atoms with Crippen molar-refractivity contribution < 1.29 is 61.9 Å². The molecule has 0 aromatic heterocycles. The number of ether oxygens (including phenoxy) is 8. The van der Waals surface area contributed by atoms with E-state index in [0.29, 0.717) is 175 Å². The average Bonchev–Trinajstić information content (AvgIpc) is 3.01. The Balaban J connectivity index is 1.51. The number of allylic oxidation sites excluding steroid dienone is 4. The molecule has 0 aromatic carbocycles. The highest BCUT2D eigenvalue weighted by molar-refractivity contribution is 5.86. The number of rotatable bonds is 58. The molecule has 2 rings (SSSR count). The first-order chi connectivity index (χ1) is 40.6. The Hall–Kier alpha value is -3.09. The number of hydrogen-bond donors (Lipinski definition) is 3. The third-order valence-corrected chi connectivity index (χ3v) is 16.6. The standard InChI is InChI=1S/C68H123N3O13/c1-57-26-22-35-67(4,5)62(57)30-17-13-9-8-12-16-29-61(73)56-60(28-20-21-37-69-64(74)32-19-15-11-10-14-18-31-63-58(2)27-23-36-68(63,6)7)66(76)71-39-25-41-78-45-49-81-48-44-77-40-24-38-70-65(75)34-43-80-47-51-83-53-55-84-54-52-82-50-46-79-42-33-59(3)72/h60H,8-56H2,1-7H3,(H,69,74)(H,70,75)(H,71,76)/t60-/m1/s1. The van der Waals surface area contributed by atoms with Gasteiger partial charge < -0.3 is 53.8 Å². The van der Waals surface area contributed by atoms with Gasteiger partial charge in [0, 0.05) is 70.9 Å². The van der Waals surface area contributed by atoms with Gasteiger partial charge in [-0.3, -0.25) is 24.0 Å². The lowest BCUT2D eigenvalue weighted by atomic mass is 9.71. The van der Waals surface area contributed by atoms with Gasteiger partial charge >= 0.3 is 0 Å². The van der Waals surface area contributed by atoms with Gasteiger partial charge in [-0.1, -0.05) is 108 Å². The molecule has 0 saturated carbocycles. The summed E-state index contributed by atoms with van der Waals surface area (Å²) in [5.41, 5.74) is 7.34. The van der Waals surface area contributed by atoms with Gasteiger partial charge in [0.2, 0.25) is 17.7 Å². The lowest BCUT2D eigenvalue weighted by Crippen LogP contribution is -2.33. The van der Waals surface area contributed by atoms with Crippen LogP contribution < -0.4 is 16.0 Å². The van der Waals surface area contributed by atoms with Crippen molar-refractivity contribution >= 4 is 29.3 Å². The average molecular weight is 1190 g/mol. The lowest BCUT2D eigenvalue weighted by Gasteiger charge is -2.34. The molecule has 0 radical (unpaired) electrons. The van der Waals surface area contributed by atoms with Crippen LogP contribution in [0, 0.1) is 16.7 Å². The summed E-state index contributed by atoms with van der Waals surface area (Å²) in [6, 6.07) is 0. The minimum atomic E-state index is -0.372. The fourth-order valence-electron chi connectivity index (χ4n) is 11.5. The third kappa shape index (κ3) is 41.9. The molecular formula is C68H123N3O13. The van der Waals surface area contributed by atoms with E-state index in [1.54, 1.807) is 29.2 Å². The molecule has 488 valence electrons. The fourth-order valence-corrected chi connectivity index (χ4v) is 11.5. The number of unbranched alkanes of at least 4 members (excludes halogenated alkanes) is 11. The van der Waals surface area contributed by atoms with Gasteiger partial charge in [-0.15, -0.1) is 0 Å². The van der Waals surface area contributed by atoms with Crippen molar-refractivity contribution in [2.24, 2.45) is 16.7 Å². The molecule has 0 aromatic rings. The van der Waals surface area contributed by atoms with E-state index in [9.17, 15) is 24.0 Å². The van der Waals surface area contributed by atoms with Gasteiger partial charge in [0.25, 0.3) is 0 Å². The third-order valence-electron chi connectivity index (χ3n) is 16.6. The zero-order valence-electron chi connectivity index (χ0n) is 54.5. The van der Waals surface area contributed by atoms with Gasteiger partial charge in [0.15, 0.2) is 0 Å². The van der Waals surface area contributed by atoms with E-state index in [1.807, 2.05) is 0 Å². The second-order valence-corrected chi connectivity index (χ2v) is 25.0. The van der Waals surface area contributed by atoms with Crippen molar-refractivity contribution in [3.05, 3.63) is 22.3 Å². The number of Topliss-reactive ketones (excluding diaryl/α,β-unsaturated/α-hetero) is 2. The van der Waals surface area contributed by atoms with Gasteiger partial charge in [-0.25, -0.2) is 0 Å². The predicted octanol–water partition coefficient (Wildman–Crippen LogP) is 12.7. The van der Waals surface area contributed by atoms with E-state index in [0.717, 1.165) is 44.9 Å². The summed E-state index contributed by atoms with van der Waals surface area (Å²) in [7, 11) is 0. The first kappa shape index (κ1) is 77.0. The van der Waals surface area contributed by atoms with Crippen LogP contribution >= 0.6 is 0 Å². The molecule has 0 saturated heterocycles. The first-order valence-corrected chi connectivity index (χ1v) is 33.4. The summed E-state index contributed by atoms with van der Waals surface area (Å²) in [6.07, 6.45) is 29.5. The monoisotopic (exact) mass is 1190 g/mol. The molecule has 2 aliphatic rings. The van der Waals surface area contributed by atoms with Crippen LogP contribution in [0.5, 0.6) is 0 Å². The van der Waals surface area contributed by atoms with E-state index in [4.69, 9.17) is 37.9 Å². The van der Waals surface area contributed by atoms with Gasteiger partial charge in [-0.2, -0.15) is 0 Å². The quantitative estimate of drug-likeness (QED) is 0.0385. The van der Waals surface area contributed by atoms with Crippen LogP contribution in [0.3, 0.4) is 0 Å². The van der Waals surface area contributed by atoms with Crippen LogP contribution in [0.1, 0.15) is 241 Å². The smallest absolute Gasteiger partial charge is 0.223 e. The number of nitrogens with one attached hydrogen (secondary N) is 3. The highest BCUT2D eigenvalue weighted by Gasteiger charge is 2.29. The summed E-state index contributed by atoms with van der Waals surface area (Å²) >= 11 is 0. The topological polar surface area (TPSA) is 195 Å². The van der Waals surface area contributed by atoms with Crippen LogP contribution in [0.15, 0.2) is 22.3 Å². The Kier molecular flexibility index (Phi) is 46.6. The predicted molar refractivity (Wildman–Crippen MR) is 336 cm³/mol. The maximum absolute atomic E-state index is 13.5. The summed E-state index contributed by atoms with van der Waals surface area (Å²) < 4.78 is 44.2. The fraction of sp³-hybridized carbons (Fsp3) is 0.868. The minimum absolute atomic E-state index is 0.0702. The SMILES string of the molecule is CC(=O)CCOCCOCCOCCOCCOCCC(=O)NCCCOCCOCCOCCCNC(=O)[C@H](CCCCNC(=O)CCCCCCCCC1=C(C)CCCC1(C)C)CC(=O)CCCCCCCCC1=C(C)CCCC1(C)C. The zero-order chi connectivity index (χ0) is 61.2. The maximum atomic E-state index is 13.5. The summed E-state index contributed by atoms with van der Waals surface area (Å²) in [4.78, 5) is 62.4. The summed E-state index contributed by atoms with van der Waals surface area (Å²) in [5, 5.41) is 9.05. The molecule has 0 aliphatic heterocycles. The Bertz CT molecular complexity index is 1800. The number of carbonyl (C=O) groups is 5. The van der Waals surface area contributed by atoms with E-state index < -0.39 is 0 Å². The second-order valence-electron chi connectivity index (χ2n) is 25.0. The van der Waals surface area contributed by atoms with Crippen LogP contribution in [-0.2, 0) is 61.9 Å². The number of amides is 3. The largest absolute Gasteiger partial charge is 0.379 e. The molecule has 16 heteroatoms. The molecule has 3 amide bonds. The van der Waals surface area contributed by atoms with Crippen LogP contribution in [0.2, 0.25) is 0 Å². The van der Waals surface area contributed by atoms with Crippen molar-refractivity contribution in [1.29, 1.82) is 0 Å². The first-order valence-electron chi connectivity index (χ1n) is 33.4. The van der Waals surface area contributed by atoms with Crippen molar-refractivity contribution in [3.63, 3.8) is 0 Å². The molecule has 16 nitrogen and oxygen atoms in total. The zero-order valence-corrected chi connectivity index (χ0v) is 54.5. The highest BCUT2D eigenvalue weighted by atomic mass is 16.6. The van der Waals surface area contributed by atoms with Gasteiger partial charge in [0.1, 0.15) is 11.6 Å². The molecule has 84 heavy (non-hydrogen) atoms. The van der Waals surface area contributed by atoms with E-state index in [-0.39, 0.29) is 48.0 Å². The highest BCUT2D eigenvalue weighted by Crippen LogP contribution is 2.43. The minimum Gasteiger partial charge on any atom is -0.379 e. The lowest BCUT2D eigenvalue weighted by molar-refractivity contribution is -0.129. The summed E-state index contributed by atoms with van der Waals surface area (Å²) in [6.45, 7) is 24.5. The van der Waals surface area contributed by atoms with E-state index in [2.05, 4.69) is 57.5 Å². The molecule has 0 fully saturated rings. The van der Waals surface area contributed by atoms with E-state index >= 15 is 0 Å². The van der Waals surface area contributed by atoms with Gasteiger partial charge in [0.05, 0.1) is 92.5 Å². The molecular weight excluding hydrogens is 1070 g/mol. The number of hydrogen-bond acceptors (Lipinski definition) is 13. The Labute approximate surface area is 510 Å². The molecule has 1 atom stereocenters. The number of ketones is 2. The van der Waals surface area contributed by atoms with Crippen LogP contribution in [0.25, 0.3) is 0 Å². The Morgan fingerprint density at radius 3 is 1.23 bits per heavy atom. The van der Waals surface area contributed by atoms with Crippen molar-refractivity contribution in [1.82, 2.24) is 16.0 Å². The maximum Gasteiger partial charge on any atom is 0.223 e. The molecule has 0 bridgehead atoms. The second kappa shape index (κ2) is 50.9. The van der Waals surface area contributed by atoms with Crippen molar-refractivity contribution in [2.45, 2.75) is 241 Å². The Morgan fingerprint density at radius 1 is 0.405 bits per heavy atom. The molecule has 0 unspecified atom stereocenters. The summed E-state index contributed by atoms with van der Waals surface area (Å²) in [5.74, 6) is -0.125. The molecule has 2 aliphatic carbocycles. The van der Waals surface area contributed by atoms with Crippen LogP contribution in [-0.4, -0.2) is 155 Å². The Morgan fingerprint density at radius 2 is 0.774 bits per heavy atom. The normalized spacial score (nSPS) is 15.4. The van der Waals surface area contributed by atoms with E-state index in [1.165, 1.54) is 96.3 Å². The van der Waals surface area contributed by atoms with Crippen molar-refractivity contribution in [3.8, 4) is 0 Å². The molecule has 0 heterocycles. The number of carbonyl (C=O) groups excluding carboxylic acids is 5. The molecule has 0 spiro atoms. The van der Waals surface area contributed by atoms with Crippen LogP contribution in [0.4, 0.5) is 0 Å². The molecule has 3 N–H and O–H groups in total. The van der Waals surface area contributed by atoms with Crippen molar-refractivity contribution in [2.75, 3.05) is 125 Å². The van der Waals surface area contributed by atoms with Gasteiger partial charge in [-0.05, 0) is 134 Å².